The molecule has 0 aliphatic rings. The van der Waals surface area contributed by atoms with Gasteiger partial charge in [-0.25, -0.2) is 4.79 Å². The maximum absolute atomic E-state index is 11.8. The first-order chi connectivity index (χ1) is 10.1. The molecule has 0 aliphatic heterocycles. The second-order valence-electron chi connectivity index (χ2n) is 4.56. The molecule has 2 atom stereocenters. The van der Waals surface area contributed by atoms with Crippen LogP contribution in [0.2, 0.25) is 0 Å². The van der Waals surface area contributed by atoms with Crippen molar-refractivity contribution in [2.75, 3.05) is 21.3 Å². The third-order valence-corrected chi connectivity index (χ3v) is 3.20. The van der Waals surface area contributed by atoms with Crippen molar-refractivity contribution in [3.05, 3.63) is 53.8 Å². The van der Waals surface area contributed by atoms with Gasteiger partial charge in [-0.05, 0) is 5.56 Å². The van der Waals surface area contributed by atoms with Crippen LogP contribution >= 0.6 is 0 Å². The quantitative estimate of drug-likeness (QED) is 0.440. The van der Waals surface area contributed by atoms with Gasteiger partial charge in [0.05, 0.1) is 32.2 Å². The number of methoxy groups -OCH3 is 3. The number of ether oxygens (including phenoxy) is 3. The topological polar surface area (TPSA) is 44.8 Å². The number of hydrogen-bond acceptors (Lipinski definition) is 4. The van der Waals surface area contributed by atoms with Crippen LogP contribution in [0.4, 0.5) is 0 Å². The van der Waals surface area contributed by atoms with E-state index < -0.39 is 5.97 Å². The molecule has 0 radical (unpaired) electrons. The lowest BCUT2D eigenvalue weighted by molar-refractivity contribution is -0.137. The van der Waals surface area contributed by atoms with E-state index in [1.54, 1.807) is 7.11 Å². The first-order valence-electron chi connectivity index (χ1n) is 6.71. The predicted octanol–water partition coefficient (Wildman–Crippen LogP) is 3.05. The van der Waals surface area contributed by atoms with E-state index in [0.717, 1.165) is 5.56 Å². The van der Waals surface area contributed by atoms with Gasteiger partial charge >= 0.3 is 5.97 Å². The third kappa shape index (κ3) is 5.08. The second kappa shape index (κ2) is 8.97. The van der Waals surface area contributed by atoms with Gasteiger partial charge in [0.25, 0.3) is 0 Å². The molecule has 1 aromatic carbocycles. The van der Waals surface area contributed by atoms with Crippen molar-refractivity contribution in [2.45, 2.75) is 13.0 Å². The minimum absolute atomic E-state index is 0.192. The molecule has 1 rings (SSSR count). The molecule has 4 heteroatoms. The molecule has 0 heterocycles. The van der Waals surface area contributed by atoms with Crippen LogP contribution in [0, 0.1) is 5.92 Å². The fourth-order valence-corrected chi connectivity index (χ4v) is 1.98. The fraction of sp³-hybridized carbons (Fsp3) is 0.353. The molecule has 21 heavy (non-hydrogen) atoms. The molecule has 1 aromatic rings. The Morgan fingerprint density at radius 3 is 2.33 bits per heavy atom. The molecular weight excluding hydrogens is 268 g/mol. The van der Waals surface area contributed by atoms with E-state index in [1.807, 2.05) is 49.4 Å². The smallest absolute Gasteiger partial charge is 0.337 e. The van der Waals surface area contributed by atoms with E-state index in [2.05, 4.69) is 0 Å². The first-order valence-corrected chi connectivity index (χ1v) is 6.71. The number of carbonyl (C=O) groups excluding carboxylic acids is 1. The maximum Gasteiger partial charge on any atom is 0.337 e. The van der Waals surface area contributed by atoms with E-state index in [1.165, 1.54) is 20.5 Å². The van der Waals surface area contributed by atoms with Gasteiger partial charge < -0.3 is 14.2 Å². The summed E-state index contributed by atoms with van der Waals surface area (Å²) >= 11 is 0. The number of esters is 1. The van der Waals surface area contributed by atoms with Crippen molar-refractivity contribution >= 4 is 12.0 Å². The highest BCUT2D eigenvalue weighted by molar-refractivity contribution is 5.88. The number of carbonyl (C=O) groups is 1. The summed E-state index contributed by atoms with van der Waals surface area (Å²) in [5.41, 5.74) is 1.51. The van der Waals surface area contributed by atoms with Crippen LogP contribution in [0.1, 0.15) is 12.5 Å². The van der Waals surface area contributed by atoms with Crippen LogP contribution in [0.25, 0.3) is 6.08 Å². The van der Waals surface area contributed by atoms with Gasteiger partial charge in [-0.3, -0.25) is 0 Å². The van der Waals surface area contributed by atoms with Crippen molar-refractivity contribution in [1.29, 1.82) is 0 Å². The molecule has 0 fully saturated rings. The molecule has 0 aliphatic carbocycles. The molecular formula is C17H22O4. The lowest BCUT2D eigenvalue weighted by Crippen LogP contribution is -2.24. The van der Waals surface area contributed by atoms with Crippen molar-refractivity contribution in [2.24, 2.45) is 5.92 Å². The molecule has 0 N–H and O–H groups in total. The maximum atomic E-state index is 11.8. The van der Waals surface area contributed by atoms with Crippen LogP contribution in [-0.2, 0) is 19.0 Å². The summed E-state index contributed by atoms with van der Waals surface area (Å²) in [6.07, 6.45) is 5.03. The SMILES string of the molecule is CO/C=C(/C(=O)OC)[C@@H](C)[C@H](/C=C/c1ccccc1)OC. The highest BCUT2D eigenvalue weighted by Gasteiger charge is 2.24. The van der Waals surface area contributed by atoms with E-state index in [-0.39, 0.29) is 12.0 Å². The molecule has 114 valence electrons. The Morgan fingerprint density at radius 1 is 1.14 bits per heavy atom. The molecule has 0 amide bonds. The molecule has 0 saturated heterocycles. The zero-order chi connectivity index (χ0) is 15.7. The van der Waals surface area contributed by atoms with Gasteiger partial charge in [-0.1, -0.05) is 49.4 Å². The van der Waals surface area contributed by atoms with Crippen LogP contribution < -0.4 is 0 Å². The molecule has 0 bridgehead atoms. The third-order valence-electron chi connectivity index (χ3n) is 3.20. The Bertz CT molecular complexity index is 491. The number of benzene rings is 1. The Balaban J connectivity index is 2.89. The number of rotatable bonds is 7. The summed E-state index contributed by atoms with van der Waals surface area (Å²) in [6, 6.07) is 9.90. The summed E-state index contributed by atoms with van der Waals surface area (Å²) < 4.78 is 15.2. The minimum Gasteiger partial charge on any atom is -0.504 e. The van der Waals surface area contributed by atoms with E-state index in [4.69, 9.17) is 14.2 Å². The Hall–Kier alpha value is -2.07. The van der Waals surface area contributed by atoms with Gasteiger partial charge in [0.1, 0.15) is 0 Å². The Labute approximate surface area is 126 Å². The highest BCUT2D eigenvalue weighted by Crippen LogP contribution is 2.20. The standard InChI is InChI=1S/C17H22O4/c1-13(15(12-19-2)17(18)21-4)16(20-3)11-10-14-8-6-5-7-9-14/h5-13,16H,1-4H3/b11-10+,15-12+/t13-,16+/m1/s1. The van der Waals surface area contributed by atoms with Crippen LogP contribution in [0.3, 0.4) is 0 Å². The summed E-state index contributed by atoms with van der Waals surface area (Å²) in [5, 5.41) is 0. The molecule has 0 unspecified atom stereocenters. The summed E-state index contributed by atoms with van der Waals surface area (Å²) in [6.45, 7) is 1.89. The summed E-state index contributed by atoms with van der Waals surface area (Å²) in [4.78, 5) is 11.8. The first kappa shape index (κ1) is 17.0. The zero-order valence-electron chi connectivity index (χ0n) is 12.9. The predicted molar refractivity (Wildman–Crippen MR) is 82.5 cm³/mol. The van der Waals surface area contributed by atoms with Crippen LogP contribution in [0.15, 0.2) is 48.2 Å². The molecule has 4 nitrogen and oxygen atoms in total. The lowest BCUT2D eigenvalue weighted by atomic mass is 9.95. The largest absolute Gasteiger partial charge is 0.504 e. The van der Waals surface area contributed by atoms with Gasteiger partial charge in [0.2, 0.25) is 0 Å². The average molecular weight is 290 g/mol. The Morgan fingerprint density at radius 2 is 1.81 bits per heavy atom. The van der Waals surface area contributed by atoms with Gasteiger partial charge in [-0.15, -0.1) is 0 Å². The van der Waals surface area contributed by atoms with Crippen LogP contribution in [-0.4, -0.2) is 33.4 Å². The van der Waals surface area contributed by atoms with E-state index in [9.17, 15) is 4.79 Å². The van der Waals surface area contributed by atoms with Gasteiger partial charge in [0.15, 0.2) is 0 Å². The fourth-order valence-electron chi connectivity index (χ4n) is 1.98. The zero-order valence-corrected chi connectivity index (χ0v) is 12.9. The van der Waals surface area contributed by atoms with Gasteiger partial charge in [-0.2, -0.15) is 0 Å². The monoisotopic (exact) mass is 290 g/mol. The normalized spacial score (nSPS) is 14.8. The second-order valence-corrected chi connectivity index (χ2v) is 4.56. The van der Waals surface area contributed by atoms with Crippen molar-refractivity contribution in [3.8, 4) is 0 Å². The minimum atomic E-state index is -0.417. The average Bonchev–Trinajstić information content (AvgIpc) is 2.53. The highest BCUT2D eigenvalue weighted by atomic mass is 16.5. The van der Waals surface area contributed by atoms with E-state index in [0.29, 0.717) is 5.57 Å². The molecule has 0 spiro atoms. The molecule has 0 aromatic heterocycles. The number of hydrogen-bond donors (Lipinski definition) is 0. The summed E-state index contributed by atoms with van der Waals surface area (Å²) in [5.74, 6) is -0.609. The van der Waals surface area contributed by atoms with Gasteiger partial charge in [0, 0.05) is 13.0 Å². The van der Waals surface area contributed by atoms with Crippen molar-refractivity contribution in [3.63, 3.8) is 0 Å². The van der Waals surface area contributed by atoms with Crippen LogP contribution in [0.5, 0.6) is 0 Å². The molecule has 0 saturated carbocycles. The lowest BCUT2D eigenvalue weighted by Gasteiger charge is -2.20. The Kier molecular flexibility index (Phi) is 7.26. The van der Waals surface area contributed by atoms with Crippen molar-refractivity contribution in [1.82, 2.24) is 0 Å². The van der Waals surface area contributed by atoms with E-state index >= 15 is 0 Å². The van der Waals surface area contributed by atoms with Crippen molar-refractivity contribution < 1.29 is 19.0 Å². The summed E-state index contributed by atoms with van der Waals surface area (Å²) in [7, 11) is 4.45.